The highest BCUT2D eigenvalue weighted by Crippen LogP contribution is 2.51. The van der Waals surface area contributed by atoms with E-state index in [1.165, 1.54) is 11.1 Å². The van der Waals surface area contributed by atoms with Gasteiger partial charge in [-0.3, -0.25) is 9.97 Å². The molecule has 6 aromatic carbocycles. The molecule has 10 rings (SSSR count). The standard InChI is InChI=1S/C54H37N5/c1-54(2)49-30-37(20-21-47(49)48-19-9-16-38(32-55)52(48)54)41-24-45(44-26-42(39-17-10-22-56-33-39)25-43(27-44)40-18-11-23-57-34-40)29-46(28-41)51-31-50(35-12-5-3-6-13-35)58-53(59-51)36-14-7-4-8-15-36/h3-31,33-34H,1-2H3. The van der Waals surface area contributed by atoms with Crippen molar-refractivity contribution in [3.63, 3.8) is 0 Å². The Morgan fingerprint density at radius 3 is 1.53 bits per heavy atom. The Morgan fingerprint density at radius 2 is 0.949 bits per heavy atom. The van der Waals surface area contributed by atoms with Gasteiger partial charge in [0.25, 0.3) is 0 Å². The molecule has 278 valence electrons. The van der Waals surface area contributed by atoms with Gasteiger partial charge in [0, 0.05) is 58.0 Å². The van der Waals surface area contributed by atoms with E-state index in [4.69, 9.17) is 9.97 Å². The lowest BCUT2D eigenvalue weighted by Crippen LogP contribution is -2.16. The van der Waals surface area contributed by atoms with Gasteiger partial charge in [0.05, 0.1) is 23.0 Å². The van der Waals surface area contributed by atoms with E-state index in [0.29, 0.717) is 5.82 Å². The minimum atomic E-state index is -0.355. The van der Waals surface area contributed by atoms with Crippen LogP contribution in [0.15, 0.2) is 189 Å². The van der Waals surface area contributed by atoms with Crippen molar-refractivity contribution >= 4 is 0 Å². The Balaban J connectivity index is 1.22. The van der Waals surface area contributed by atoms with Crippen LogP contribution in [-0.4, -0.2) is 19.9 Å². The van der Waals surface area contributed by atoms with Crippen molar-refractivity contribution in [2.45, 2.75) is 19.3 Å². The molecule has 3 aromatic heterocycles. The first-order chi connectivity index (χ1) is 28.9. The second-order valence-electron chi connectivity index (χ2n) is 15.5. The highest BCUT2D eigenvalue weighted by Gasteiger charge is 2.37. The Bertz CT molecular complexity index is 2800. The van der Waals surface area contributed by atoms with Crippen molar-refractivity contribution in [3.05, 3.63) is 205 Å². The summed E-state index contributed by atoms with van der Waals surface area (Å²) in [6.45, 7) is 4.45. The van der Waals surface area contributed by atoms with Gasteiger partial charge in [-0.15, -0.1) is 0 Å². The molecule has 0 atom stereocenters. The molecule has 0 spiro atoms. The zero-order chi connectivity index (χ0) is 39.9. The number of pyridine rings is 2. The van der Waals surface area contributed by atoms with Crippen LogP contribution in [-0.2, 0) is 5.41 Å². The SMILES string of the molecule is CC1(C)c2cc(-c3cc(-c4cc(-c5cccnc5)cc(-c5cccnc5)c4)cc(-c4cc(-c5ccccc5)nc(-c5ccccc5)n4)c3)ccc2-c2cccc(C#N)c21. The average Bonchev–Trinajstić information content (AvgIpc) is 3.55. The molecule has 0 saturated heterocycles. The molecule has 0 amide bonds. The topological polar surface area (TPSA) is 75.3 Å². The van der Waals surface area contributed by atoms with Gasteiger partial charge in [-0.25, -0.2) is 9.97 Å². The van der Waals surface area contributed by atoms with Crippen LogP contribution in [0.4, 0.5) is 0 Å². The van der Waals surface area contributed by atoms with E-state index in [9.17, 15) is 5.26 Å². The smallest absolute Gasteiger partial charge is 0.160 e. The van der Waals surface area contributed by atoms with E-state index in [-0.39, 0.29) is 5.41 Å². The summed E-state index contributed by atoms with van der Waals surface area (Å²) >= 11 is 0. The summed E-state index contributed by atoms with van der Waals surface area (Å²) in [4.78, 5) is 19.3. The molecule has 0 aliphatic heterocycles. The van der Waals surface area contributed by atoms with Gasteiger partial charge in [-0.1, -0.05) is 111 Å². The van der Waals surface area contributed by atoms with Crippen LogP contribution in [0.5, 0.6) is 0 Å². The number of benzene rings is 6. The lowest BCUT2D eigenvalue weighted by Gasteiger charge is -2.23. The van der Waals surface area contributed by atoms with Crippen LogP contribution >= 0.6 is 0 Å². The van der Waals surface area contributed by atoms with Crippen LogP contribution < -0.4 is 0 Å². The van der Waals surface area contributed by atoms with Crippen LogP contribution in [0, 0.1) is 11.3 Å². The Kier molecular flexibility index (Phi) is 8.81. The van der Waals surface area contributed by atoms with Crippen LogP contribution in [0.1, 0.15) is 30.5 Å². The number of rotatable bonds is 7. The summed E-state index contributed by atoms with van der Waals surface area (Å²) in [5, 5.41) is 10.1. The maximum absolute atomic E-state index is 10.1. The van der Waals surface area contributed by atoms with Gasteiger partial charge < -0.3 is 0 Å². The van der Waals surface area contributed by atoms with Gasteiger partial charge in [-0.05, 0) is 122 Å². The lowest BCUT2D eigenvalue weighted by atomic mass is 9.79. The number of fused-ring (bicyclic) bond motifs is 3. The predicted octanol–water partition coefficient (Wildman–Crippen LogP) is 13.1. The Labute approximate surface area is 344 Å². The van der Waals surface area contributed by atoms with Gasteiger partial charge in [0.2, 0.25) is 0 Å². The number of aromatic nitrogens is 4. The van der Waals surface area contributed by atoms with E-state index in [1.54, 1.807) is 12.4 Å². The van der Waals surface area contributed by atoms with Gasteiger partial charge >= 0.3 is 0 Å². The predicted molar refractivity (Wildman–Crippen MR) is 238 cm³/mol. The first-order valence-electron chi connectivity index (χ1n) is 19.7. The minimum Gasteiger partial charge on any atom is -0.264 e. The summed E-state index contributed by atoms with van der Waals surface area (Å²) in [6, 6.07) is 59.5. The zero-order valence-electron chi connectivity index (χ0n) is 32.6. The third kappa shape index (κ3) is 6.57. The molecular weight excluding hydrogens is 719 g/mol. The molecule has 0 unspecified atom stereocenters. The van der Waals surface area contributed by atoms with E-state index < -0.39 is 0 Å². The first kappa shape index (κ1) is 35.6. The number of nitrogens with zero attached hydrogens (tertiary/aromatic N) is 5. The van der Waals surface area contributed by atoms with Gasteiger partial charge in [0.15, 0.2) is 5.82 Å². The molecule has 59 heavy (non-hydrogen) atoms. The van der Waals surface area contributed by atoms with Crippen LogP contribution in [0.3, 0.4) is 0 Å². The molecule has 0 N–H and O–H groups in total. The second kappa shape index (κ2) is 14.6. The van der Waals surface area contributed by atoms with E-state index in [2.05, 4.69) is 133 Å². The molecule has 1 aliphatic carbocycles. The Hall–Kier alpha value is -7.81. The third-order valence-electron chi connectivity index (χ3n) is 11.4. The molecule has 0 radical (unpaired) electrons. The van der Waals surface area contributed by atoms with Crippen molar-refractivity contribution < 1.29 is 0 Å². The van der Waals surface area contributed by atoms with E-state index >= 15 is 0 Å². The second-order valence-corrected chi connectivity index (χ2v) is 15.5. The van der Waals surface area contributed by atoms with Crippen molar-refractivity contribution in [3.8, 4) is 95.6 Å². The number of hydrogen-bond acceptors (Lipinski definition) is 5. The minimum absolute atomic E-state index is 0.355. The zero-order valence-corrected chi connectivity index (χ0v) is 32.6. The summed E-state index contributed by atoms with van der Waals surface area (Å²) < 4.78 is 0. The van der Waals surface area contributed by atoms with Crippen molar-refractivity contribution in [1.29, 1.82) is 5.26 Å². The normalized spacial score (nSPS) is 12.4. The molecule has 5 heteroatoms. The van der Waals surface area contributed by atoms with Crippen LogP contribution in [0.25, 0.3) is 89.5 Å². The number of nitriles is 1. The quantitative estimate of drug-likeness (QED) is 0.162. The maximum atomic E-state index is 10.1. The molecule has 1 aliphatic rings. The molecular formula is C54H37N5. The maximum Gasteiger partial charge on any atom is 0.160 e. The third-order valence-corrected chi connectivity index (χ3v) is 11.4. The van der Waals surface area contributed by atoms with Gasteiger partial charge in [-0.2, -0.15) is 5.26 Å². The largest absolute Gasteiger partial charge is 0.264 e. The molecule has 0 fully saturated rings. The van der Waals surface area contributed by atoms with Gasteiger partial charge in [0.1, 0.15) is 0 Å². The van der Waals surface area contributed by atoms with Crippen molar-refractivity contribution in [2.24, 2.45) is 0 Å². The van der Waals surface area contributed by atoms with Crippen molar-refractivity contribution in [2.75, 3.05) is 0 Å². The highest BCUT2D eigenvalue weighted by molar-refractivity contribution is 5.89. The lowest BCUT2D eigenvalue weighted by molar-refractivity contribution is 0.658. The molecule has 0 saturated carbocycles. The number of hydrogen-bond donors (Lipinski definition) is 0. The van der Waals surface area contributed by atoms with E-state index in [0.717, 1.165) is 89.3 Å². The fourth-order valence-corrected chi connectivity index (χ4v) is 8.53. The molecule has 9 aromatic rings. The average molecular weight is 756 g/mol. The van der Waals surface area contributed by atoms with Crippen LogP contribution in [0.2, 0.25) is 0 Å². The summed E-state index contributed by atoms with van der Waals surface area (Å²) in [5.41, 5.74) is 18.0. The monoisotopic (exact) mass is 755 g/mol. The molecule has 5 nitrogen and oxygen atoms in total. The van der Waals surface area contributed by atoms with Crippen molar-refractivity contribution in [1.82, 2.24) is 19.9 Å². The van der Waals surface area contributed by atoms with E-state index in [1.807, 2.05) is 73.1 Å². The first-order valence-corrected chi connectivity index (χ1v) is 19.7. The molecule has 3 heterocycles. The molecule has 0 bridgehead atoms. The Morgan fingerprint density at radius 1 is 0.424 bits per heavy atom. The highest BCUT2D eigenvalue weighted by atomic mass is 14.9. The summed E-state index contributed by atoms with van der Waals surface area (Å²) in [7, 11) is 0. The summed E-state index contributed by atoms with van der Waals surface area (Å²) in [5.74, 6) is 0.664. The summed E-state index contributed by atoms with van der Waals surface area (Å²) in [6.07, 6.45) is 7.43. The fraction of sp³-hybridized carbons (Fsp3) is 0.0556. The fourth-order valence-electron chi connectivity index (χ4n) is 8.53.